The predicted molar refractivity (Wildman–Crippen MR) is 82.0 cm³/mol. The lowest BCUT2D eigenvalue weighted by molar-refractivity contribution is -0.154. The summed E-state index contributed by atoms with van der Waals surface area (Å²) >= 11 is 0. The third-order valence-corrected chi connectivity index (χ3v) is 3.78. The summed E-state index contributed by atoms with van der Waals surface area (Å²) < 4.78 is 5.12. The van der Waals surface area contributed by atoms with E-state index in [2.05, 4.69) is 10.2 Å². The van der Waals surface area contributed by atoms with Crippen LogP contribution in [0.5, 0.6) is 0 Å². The molecule has 0 radical (unpaired) electrons. The highest BCUT2D eigenvalue weighted by molar-refractivity contribution is 5.93. The van der Waals surface area contributed by atoms with Gasteiger partial charge >= 0.3 is 5.97 Å². The van der Waals surface area contributed by atoms with Crippen LogP contribution in [0.1, 0.15) is 16.1 Å². The number of benzene rings is 1. The molecule has 120 valence electrons. The molecule has 23 heavy (non-hydrogen) atoms. The van der Waals surface area contributed by atoms with Crippen molar-refractivity contribution in [1.82, 2.24) is 15.1 Å². The molecule has 1 aliphatic heterocycles. The Balaban J connectivity index is 1.75. The van der Waals surface area contributed by atoms with Gasteiger partial charge in [-0.3, -0.25) is 9.89 Å². The second kappa shape index (κ2) is 6.21. The summed E-state index contributed by atoms with van der Waals surface area (Å²) in [5, 5.41) is 15.9. The first kappa shape index (κ1) is 15.2. The number of nitrogens with zero attached hydrogens (tertiary/aromatic N) is 2. The van der Waals surface area contributed by atoms with Crippen LogP contribution in [0.2, 0.25) is 0 Å². The summed E-state index contributed by atoms with van der Waals surface area (Å²) in [7, 11) is 0. The Morgan fingerprint density at radius 2 is 2.09 bits per heavy atom. The molecule has 1 saturated heterocycles. The van der Waals surface area contributed by atoms with E-state index in [1.54, 1.807) is 6.07 Å². The van der Waals surface area contributed by atoms with Crippen LogP contribution in [0.4, 0.5) is 0 Å². The van der Waals surface area contributed by atoms with E-state index in [0.717, 1.165) is 11.1 Å². The molecule has 2 N–H and O–H groups in total. The van der Waals surface area contributed by atoms with E-state index < -0.39 is 12.1 Å². The SMILES string of the molecule is Cc1ccc(-c2cc(C(=O)N3CCOC(C(=O)O)C3)[nH]n2)cc1. The molecule has 0 aliphatic carbocycles. The Morgan fingerprint density at radius 1 is 1.35 bits per heavy atom. The molecule has 1 aromatic heterocycles. The molecule has 0 saturated carbocycles. The quantitative estimate of drug-likeness (QED) is 0.890. The summed E-state index contributed by atoms with van der Waals surface area (Å²) in [6, 6.07) is 9.51. The van der Waals surface area contributed by atoms with Gasteiger partial charge in [-0.15, -0.1) is 0 Å². The van der Waals surface area contributed by atoms with Crippen LogP contribution in [-0.4, -0.2) is 57.9 Å². The molecular weight excluding hydrogens is 298 g/mol. The largest absolute Gasteiger partial charge is 0.479 e. The summed E-state index contributed by atoms with van der Waals surface area (Å²) in [6.07, 6.45) is -0.979. The topological polar surface area (TPSA) is 95.5 Å². The fourth-order valence-electron chi connectivity index (χ4n) is 2.46. The van der Waals surface area contributed by atoms with Gasteiger partial charge in [-0.2, -0.15) is 5.10 Å². The number of morpholine rings is 1. The molecule has 7 nitrogen and oxygen atoms in total. The van der Waals surface area contributed by atoms with E-state index in [4.69, 9.17) is 9.84 Å². The maximum Gasteiger partial charge on any atom is 0.334 e. The van der Waals surface area contributed by atoms with Crippen molar-refractivity contribution in [2.75, 3.05) is 19.7 Å². The third kappa shape index (κ3) is 3.24. The van der Waals surface area contributed by atoms with Gasteiger partial charge < -0.3 is 14.7 Å². The van der Waals surface area contributed by atoms with E-state index >= 15 is 0 Å². The molecular formula is C16H17N3O4. The van der Waals surface area contributed by atoms with Gasteiger partial charge in [0.2, 0.25) is 0 Å². The van der Waals surface area contributed by atoms with Crippen molar-refractivity contribution in [3.8, 4) is 11.3 Å². The zero-order valence-electron chi connectivity index (χ0n) is 12.7. The molecule has 1 amide bonds. The highest BCUT2D eigenvalue weighted by atomic mass is 16.5. The number of carboxylic acid groups (broad SMARTS) is 1. The smallest absolute Gasteiger partial charge is 0.334 e. The first-order chi connectivity index (χ1) is 11.0. The van der Waals surface area contributed by atoms with Gasteiger partial charge in [0.05, 0.1) is 18.8 Å². The second-order valence-corrected chi connectivity index (χ2v) is 5.48. The Labute approximate surface area is 132 Å². The van der Waals surface area contributed by atoms with Crippen LogP contribution in [-0.2, 0) is 9.53 Å². The minimum atomic E-state index is -1.06. The molecule has 1 aliphatic rings. The summed E-state index contributed by atoms with van der Waals surface area (Å²) in [4.78, 5) is 24.9. The summed E-state index contributed by atoms with van der Waals surface area (Å²) in [5.74, 6) is -1.34. The summed E-state index contributed by atoms with van der Waals surface area (Å²) in [5.41, 5.74) is 3.08. The van der Waals surface area contributed by atoms with Crippen molar-refractivity contribution in [3.05, 3.63) is 41.6 Å². The van der Waals surface area contributed by atoms with Gasteiger partial charge in [-0.1, -0.05) is 29.8 Å². The van der Waals surface area contributed by atoms with E-state index in [9.17, 15) is 9.59 Å². The van der Waals surface area contributed by atoms with Crippen molar-refractivity contribution >= 4 is 11.9 Å². The molecule has 1 aromatic carbocycles. The lowest BCUT2D eigenvalue weighted by Gasteiger charge is -2.30. The third-order valence-electron chi connectivity index (χ3n) is 3.78. The zero-order valence-corrected chi connectivity index (χ0v) is 12.7. The number of ether oxygens (including phenoxy) is 1. The maximum absolute atomic E-state index is 12.5. The Bertz CT molecular complexity index is 723. The fourth-order valence-corrected chi connectivity index (χ4v) is 2.46. The number of carbonyl (C=O) groups is 2. The van der Waals surface area contributed by atoms with E-state index in [1.807, 2.05) is 31.2 Å². The number of amides is 1. The lowest BCUT2D eigenvalue weighted by Crippen LogP contribution is -2.48. The standard InChI is InChI=1S/C16H17N3O4/c1-10-2-4-11(5-3-10)12-8-13(18-17-12)15(20)19-6-7-23-14(9-19)16(21)22/h2-5,8,14H,6-7,9H2,1H3,(H,17,18)(H,21,22). The number of hydrogen-bond donors (Lipinski definition) is 2. The molecule has 1 fully saturated rings. The first-order valence-electron chi connectivity index (χ1n) is 7.31. The number of H-pyrrole nitrogens is 1. The van der Waals surface area contributed by atoms with Crippen molar-refractivity contribution in [3.63, 3.8) is 0 Å². The van der Waals surface area contributed by atoms with Gasteiger partial charge in [-0.25, -0.2) is 4.79 Å². The van der Waals surface area contributed by atoms with Gasteiger partial charge in [-0.05, 0) is 13.0 Å². The monoisotopic (exact) mass is 315 g/mol. The molecule has 2 aromatic rings. The van der Waals surface area contributed by atoms with Crippen molar-refractivity contribution < 1.29 is 19.4 Å². The molecule has 1 unspecified atom stereocenters. The predicted octanol–water partition coefficient (Wildman–Crippen LogP) is 1.31. The van der Waals surface area contributed by atoms with Crippen LogP contribution in [0.3, 0.4) is 0 Å². The molecule has 0 spiro atoms. The van der Waals surface area contributed by atoms with Crippen molar-refractivity contribution in [2.24, 2.45) is 0 Å². The van der Waals surface area contributed by atoms with E-state index in [1.165, 1.54) is 4.90 Å². The van der Waals surface area contributed by atoms with Crippen LogP contribution < -0.4 is 0 Å². The average Bonchev–Trinajstić information content (AvgIpc) is 3.05. The molecule has 3 rings (SSSR count). The number of carbonyl (C=O) groups excluding carboxylic acids is 1. The Kier molecular flexibility index (Phi) is 4.12. The zero-order chi connectivity index (χ0) is 16.4. The number of aryl methyl sites for hydroxylation is 1. The van der Waals surface area contributed by atoms with Crippen molar-refractivity contribution in [2.45, 2.75) is 13.0 Å². The van der Waals surface area contributed by atoms with Gasteiger partial charge in [0.25, 0.3) is 5.91 Å². The van der Waals surface area contributed by atoms with Gasteiger partial charge in [0.1, 0.15) is 5.69 Å². The maximum atomic E-state index is 12.5. The minimum absolute atomic E-state index is 0.0348. The number of aromatic amines is 1. The molecule has 1 atom stereocenters. The van der Waals surface area contributed by atoms with E-state index in [0.29, 0.717) is 17.9 Å². The average molecular weight is 315 g/mol. The number of hydrogen-bond acceptors (Lipinski definition) is 4. The molecule has 0 bridgehead atoms. The summed E-state index contributed by atoms with van der Waals surface area (Å²) in [6.45, 7) is 2.61. The number of nitrogens with one attached hydrogen (secondary N) is 1. The number of carboxylic acids is 1. The van der Waals surface area contributed by atoms with Crippen molar-refractivity contribution in [1.29, 1.82) is 0 Å². The van der Waals surface area contributed by atoms with Crippen LogP contribution in [0.15, 0.2) is 30.3 Å². The highest BCUT2D eigenvalue weighted by Gasteiger charge is 2.30. The first-order valence-corrected chi connectivity index (χ1v) is 7.31. The van der Waals surface area contributed by atoms with Gasteiger partial charge in [0.15, 0.2) is 6.10 Å². The normalized spacial score (nSPS) is 18.0. The molecule has 2 heterocycles. The van der Waals surface area contributed by atoms with Crippen LogP contribution in [0.25, 0.3) is 11.3 Å². The second-order valence-electron chi connectivity index (χ2n) is 5.48. The minimum Gasteiger partial charge on any atom is -0.479 e. The number of rotatable bonds is 3. The fraction of sp³-hybridized carbons (Fsp3) is 0.312. The highest BCUT2D eigenvalue weighted by Crippen LogP contribution is 2.19. The number of aliphatic carboxylic acids is 1. The Hall–Kier alpha value is -2.67. The lowest BCUT2D eigenvalue weighted by atomic mass is 10.1. The number of aromatic nitrogens is 2. The van der Waals surface area contributed by atoms with Gasteiger partial charge in [0, 0.05) is 12.1 Å². The van der Waals surface area contributed by atoms with Crippen LogP contribution >= 0.6 is 0 Å². The van der Waals surface area contributed by atoms with Crippen LogP contribution in [0, 0.1) is 6.92 Å². The molecule has 7 heteroatoms. The van der Waals surface area contributed by atoms with E-state index in [-0.39, 0.29) is 19.1 Å². The Morgan fingerprint density at radius 3 is 2.78 bits per heavy atom.